The summed E-state index contributed by atoms with van der Waals surface area (Å²) in [6.45, 7) is 2.27. The molecular formula is C16H27F2NO2. The van der Waals surface area contributed by atoms with E-state index in [1.807, 2.05) is 0 Å². The highest BCUT2D eigenvalue weighted by molar-refractivity contribution is 4.95. The van der Waals surface area contributed by atoms with E-state index in [-0.39, 0.29) is 30.4 Å². The van der Waals surface area contributed by atoms with Crippen LogP contribution in [0.25, 0.3) is 0 Å². The molecule has 2 atom stereocenters. The molecule has 1 saturated carbocycles. The Kier molecular flexibility index (Phi) is 4.53. The number of rotatable bonds is 2. The largest absolute Gasteiger partial charge is 0.381 e. The summed E-state index contributed by atoms with van der Waals surface area (Å²) in [5.41, 5.74) is 6.41. The second-order valence-electron chi connectivity index (χ2n) is 7.17. The van der Waals surface area contributed by atoms with Gasteiger partial charge >= 0.3 is 0 Å². The van der Waals surface area contributed by atoms with Gasteiger partial charge in [-0.05, 0) is 50.4 Å². The van der Waals surface area contributed by atoms with Gasteiger partial charge < -0.3 is 15.2 Å². The average molecular weight is 303 g/mol. The lowest BCUT2D eigenvalue weighted by Gasteiger charge is -2.46. The summed E-state index contributed by atoms with van der Waals surface area (Å²) < 4.78 is 38.1. The van der Waals surface area contributed by atoms with E-state index in [1.54, 1.807) is 0 Å². The number of alkyl halides is 2. The molecular weight excluding hydrogens is 276 g/mol. The molecule has 21 heavy (non-hydrogen) atoms. The Hall–Kier alpha value is -0.260. The van der Waals surface area contributed by atoms with Crippen molar-refractivity contribution in [3.63, 3.8) is 0 Å². The molecule has 1 spiro atoms. The number of halogens is 2. The fourth-order valence-electron chi connectivity index (χ4n) is 4.32. The Morgan fingerprint density at radius 2 is 1.57 bits per heavy atom. The highest BCUT2D eigenvalue weighted by Gasteiger charge is 2.44. The molecule has 2 saturated heterocycles. The van der Waals surface area contributed by atoms with Crippen LogP contribution in [0, 0.1) is 11.8 Å². The molecule has 2 unspecified atom stereocenters. The van der Waals surface area contributed by atoms with Crippen LogP contribution >= 0.6 is 0 Å². The van der Waals surface area contributed by atoms with Crippen LogP contribution in [-0.2, 0) is 9.47 Å². The first-order valence-corrected chi connectivity index (χ1v) is 8.35. The van der Waals surface area contributed by atoms with Crippen molar-refractivity contribution in [2.24, 2.45) is 17.6 Å². The van der Waals surface area contributed by atoms with Gasteiger partial charge in [-0.15, -0.1) is 0 Å². The van der Waals surface area contributed by atoms with Crippen LogP contribution in [0.2, 0.25) is 0 Å². The summed E-state index contributed by atoms with van der Waals surface area (Å²) in [6, 6.07) is 0.0460. The highest BCUT2D eigenvalue weighted by atomic mass is 19.3. The first-order valence-electron chi connectivity index (χ1n) is 8.35. The Labute approximate surface area is 125 Å². The predicted molar refractivity (Wildman–Crippen MR) is 76.3 cm³/mol. The molecule has 0 radical (unpaired) electrons. The fraction of sp³-hybridized carbons (Fsp3) is 1.00. The fourth-order valence-corrected chi connectivity index (χ4v) is 4.32. The van der Waals surface area contributed by atoms with Crippen molar-refractivity contribution in [3.8, 4) is 0 Å². The van der Waals surface area contributed by atoms with E-state index in [0.29, 0.717) is 18.8 Å². The third kappa shape index (κ3) is 3.57. The lowest BCUT2D eigenvalue weighted by Crippen LogP contribution is -2.50. The first-order chi connectivity index (χ1) is 10.00. The van der Waals surface area contributed by atoms with E-state index in [2.05, 4.69) is 0 Å². The molecule has 122 valence electrons. The molecule has 3 aliphatic rings. The molecule has 0 aromatic heterocycles. The monoisotopic (exact) mass is 303 g/mol. The zero-order chi connectivity index (χ0) is 14.9. The van der Waals surface area contributed by atoms with Crippen molar-refractivity contribution >= 4 is 0 Å². The van der Waals surface area contributed by atoms with Gasteiger partial charge in [0.1, 0.15) is 0 Å². The highest BCUT2D eigenvalue weighted by Crippen LogP contribution is 2.43. The standard InChI is InChI=1S/C16H27F2NO2/c17-16(18)4-1-12(2-5-16)14(19)13-3-8-21-15(11-13)6-9-20-10-7-15/h12-14H,1-11,19H2. The third-order valence-electron chi connectivity index (χ3n) is 5.79. The van der Waals surface area contributed by atoms with E-state index in [9.17, 15) is 8.78 Å². The van der Waals surface area contributed by atoms with Crippen LogP contribution in [0.15, 0.2) is 0 Å². The van der Waals surface area contributed by atoms with E-state index in [4.69, 9.17) is 15.2 Å². The minimum absolute atomic E-state index is 0.00751. The van der Waals surface area contributed by atoms with Gasteiger partial charge in [0, 0.05) is 38.7 Å². The zero-order valence-corrected chi connectivity index (χ0v) is 12.7. The minimum atomic E-state index is -2.46. The van der Waals surface area contributed by atoms with E-state index < -0.39 is 5.92 Å². The first kappa shape index (κ1) is 15.6. The smallest absolute Gasteiger partial charge is 0.248 e. The van der Waals surface area contributed by atoms with Crippen molar-refractivity contribution < 1.29 is 18.3 Å². The van der Waals surface area contributed by atoms with Crippen molar-refractivity contribution in [2.45, 2.75) is 68.9 Å². The summed E-state index contributed by atoms with van der Waals surface area (Å²) in [7, 11) is 0. The van der Waals surface area contributed by atoms with Crippen LogP contribution in [0.5, 0.6) is 0 Å². The summed E-state index contributed by atoms with van der Waals surface area (Å²) in [5, 5.41) is 0. The van der Waals surface area contributed by atoms with Gasteiger partial charge in [-0.2, -0.15) is 0 Å². The van der Waals surface area contributed by atoms with E-state index in [1.165, 1.54) is 0 Å². The van der Waals surface area contributed by atoms with Crippen LogP contribution in [-0.4, -0.2) is 37.4 Å². The van der Waals surface area contributed by atoms with E-state index >= 15 is 0 Å². The van der Waals surface area contributed by atoms with Crippen molar-refractivity contribution in [1.82, 2.24) is 0 Å². The molecule has 0 aromatic rings. The molecule has 0 amide bonds. The maximum atomic E-state index is 13.3. The second-order valence-corrected chi connectivity index (χ2v) is 7.17. The number of hydrogen-bond acceptors (Lipinski definition) is 3. The number of ether oxygens (including phenoxy) is 2. The van der Waals surface area contributed by atoms with E-state index in [0.717, 1.165) is 45.5 Å². The normalized spacial score (nSPS) is 34.7. The molecule has 2 aliphatic heterocycles. The maximum Gasteiger partial charge on any atom is 0.248 e. The van der Waals surface area contributed by atoms with Crippen molar-refractivity contribution in [1.29, 1.82) is 0 Å². The Bertz CT molecular complexity index is 343. The third-order valence-corrected chi connectivity index (χ3v) is 5.79. The molecule has 5 heteroatoms. The minimum Gasteiger partial charge on any atom is -0.381 e. The lowest BCUT2D eigenvalue weighted by atomic mass is 9.71. The average Bonchev–Trinajstić information content (AvgIpc) is 2.47. The summed E-state index contributed by atoms with van der Waals surface area (Å²) in [4.78, 5) is 0. The SMILES string of the molecule is NC(C1CCC(F)(F)CC1)C1CCOC2(CCOCC2)C1. The molecule has 0 bridgehead atoms. The predicted octanol–water partition coefficient (Wildman–Crippen LogP) is 3.12. The lowest BCUT2D eigenvalue weighted by molar-refractivity contribution is -0.152. The van der Waals surface area contributed by atoms with Crippen molar-refractivity contribution in [3.05, 3.63) is 0 Å². The van der Waals surface area contributed by atoms with Gasteiger partial charge in [-0.3, -0.25) is 0 Å². The van der Waals surface area contributed by atoms with Crippen LogP contribution in [0.3, 0.4) is 0 Å². The Morgan fingerprint density at radius 1 is 0.905 bits per heavy atom. The van der Waals surface area contributed by atoms with Crippen LogP contribution in [0.1, 0.15) is 51.4 Å². The van der Waals surface area contributed by atoms with Crippen molar-refractivity contribution in [2.75, 3.05) is 19.8 Å². The molecule has 3 fully saturated rings. The maximum absolute atomic E-state index is 13.3. The molecule has 1 aliphatic carbocycles. The Balaban J connectivity index is 1.58. The molecule has 3 nitrogen and oxygen atoms in total. The molecule has 3 rings (SSSR count). The topological polar surface area (TPSA) is 44.5 Å². The second kappa shape index (κ2) is 6.09. The van der Waals surface area contributed by atoms with Gasteiger partial charge in [-0.25, -0.2) is 8.78 Å². The van der Waals surface area contributed by atoms with Gasteiger partial charge in [0.15, 0.2) is 0 Å². The van der Waals surface area contributed by atoms with Gasteiger partial charge in [-0.1, -0.05) is 0 Å². The van der Waals surface area contributed by atoms with Crippen LogP contribution < -0.4 is 5.73 Å². The van der Waals surface area contributed by atoms with Gasteiger partial charge in [0.2, 0.25) is 5.92 Å². The molecule has 2 N–H and O–H groups in total. The van der Waals surface area contributed by atoms with Crippen LogP contribution in [0.4, 0.5) is 8.78 Å². The quantitative estimate of drug-likeness (QED) is 0.852. The van der Waals surface area contributed by atoms with Gasteiger partial charge in [0.25, 0.3) is 0 Å². The Morgan fingerprint density at radius 3 is 2.24 bits per heavy atom. The summed E-state index contributed by atoms with van der Waals surface area (Å²) in [6.07, 6.45) is 4.99. The number of hydrogen-bond donors (Lipinski definition) is 1. The summed E-state index contributed by atoms with van der Waals surface area (Å²) in [5.74, 6) is -1.80. The summed E-state index contributed by atoms with van der Waals surface area (Å²) >= 11 is 0. The number of nitrogens with two attached hydrogens (primary N) is 1. The molecule has 0 aromatic carbocycles. The van der Waals surface area contributed by atoms with Gasteiger partial charge in [0.05, 0.1) is 5.60 Å². The zero-order valence-electron chi connectivity index (χ0n) is 12.7. The molecule has 2 heterocycles.